The van der Waals surface area contributed by atoms with Crippen molar-refractivity contribution in [3.8, 4) is 17.2 Å². The SMILES string of the molecule is COc1cccc(COc2ccccc2/C=N/NC(=O)c2ccc(-n3c(C)ccc3C)cc2)c1. The van der Waals surface area contributed by atoms with Crippen molar-refractivity contribution in [2.75, 3.05) is 7.11 Å². The lowest BCUT2D eigenvalue weighted by molar-refractivity contribution is 0.0955. The zero-order chi connectivity index (χ0) is 23.9. The van der Waals surface area contributed by atoms with Crippen molar-refractivity contribution in [1.82, 2.24) is 9.99 Å². The maximum Gasteiger partial charge on any atom is 0.271 e. The highest BCUT2D eigenvalue weighted by Crippen LogP contribution is 2.20. The van der Waals surface area contributed by atoms with Crippen molar-refractivity contribution in [1.29, 1.82) is 0 Å². The molecule has 34 heavy (non-hydrogen) atoms. The second kappa shape index (κ2) is 10.5. The molecule has 0 radical (unpaired) electrons. The van der Waals surface area contributed by atoms with Gasteiger partial charge in [-0.2, -0.15) is 5.10 Å². The molecule has 0 fully saturated rings. The van der Waals surface area contributed by atoms with E-state index < -0.39 is 0 Å². The number of amides is 1. The molecule has 0 aliphatic rings. The third-order valence-corrected chi connectivity index (χ3v) is 5.48. The fourth-order valence-electron chi connectivity index (χ4n) is 3.70. The van der Waals surface area contributed by atoms with Crippen molar-refractivity contribution in [3.63, 3.8) is 0 Å². The first-order valence-corrected chi connectivity index (χ1v) is 11.0. The van der Waals surface area contributed by atoms with Crippen LogP contribution in [0, 0.1) is 13.8 Å². The number of hydrazone groups is 1. The van der Waals surface area contributed by atoms with Crippen molar-refractivity contribution in [3.05, 3.63) is 113 Å². The van der Waals surface area contributed by atoms with Crippen LogP contribution in [0.3, 0.4) is 0 Å². The minimum absolute atomic E-state index is 0.279. The van der Waals surface area contributed by atoms with Gasteiger partial charge in [-0.1, -0.05) is 24.3 Å². The van der Waals surface area contributed by atoms with Gasteiger partial charge < -0.3 is 14.0 Å². The molecule has 0 saturated heterocycles. The Kier molecular flexibility index (Phi) is 7.08. The summed E-state index contributed by atoms with van der Waals surface area (Å²) in [5.41, 5.74) is 8.19. The Hall–Kier alpha value is -4.32. The molecule has 3 aromatic carbocycles. The first kappa shape index (κ1) is 22.9. The number of nitrogens with zero attached hydrogens (tertiary/aromatic N) is 2. The van der Waals surface area contributed by atoms with E-state index in [9.17, 15) is 4.79 Å². The molecule has 1 amide bonds. The molecule has 6 nitrogen and oxygen atoms in total. The van der Waals surface area contributed by atoms with Gasteiger partial charge in [0, 0.05) is 28.2 Å². The lowest BCUT2D eigenvalue weighted by atomic mass is 10.2. The third-order valence-electron chi connectivity index (χ3n) is 5.48. The number of carbonyl (C=O) groups is 1. The number of rotatable bonds is 8. The topological polar surface area (TPSA) is 64.8 Å². The summed E-state index contributed by atoms with van der Waals surface area (Å²) in [4.78, 5) is 12.5. The van der Waals surface area contributed by atoms with E-state index in [-0.39, 0.29) is 5.91 Å². The summed E-state index contributed by atoms with van der Waals surface area (Å²) in [5, 5.41) is 4.13. The molecule has 0 unspecified atom stereocenters. The Balaban J connectivity index is 1.39. The average Bonchev–Trinajstić information content (AvgIpc) is 3.21. The van der Waals surface area contributed by atoms with Gasteiger partial charge in [-0.15, -0.1) is 0 Å². The Morgan fingerprint density at radius 1 is 0.941 bits per heavy atom. The quantitative estimate of drug-likeness (QED) is 0.285. The third kappa shape index (κ3) is 5.35. The lowest BCUT2D eigenvalue weighted by Crippen LogP contribution is -2.17. The van der Waals surface area contributed by atoms with Crippen molar-refractivity contribution in [2.24, 2.45) is 5.10 Å². The van der Waals surface area contributed by atoms with Crippen LogP contribution in [0.2, 0.25) is 0 Å². The second-order valence-corrected chi connectivity index (χ2v) is 7.88. The van der Waals surface area contributed by atoms with Gasteiger partial charge in [-0.3, -0.25) is 4.79 Å². The molecule has 1 heterocycles. The molecule has 172 valence electrons. The summed E-state index contributed by atoms with van der Waals surface area (Å²) in [5.74, 6) is 1.17. The van der Waals surface area contributed by atoms with E-state index in [1.54, 1.807) is 25.5 Å². The number of hydrogen-bond acceptors (Lipinski definition) is 4. The molecule has 6 heteroatoms. The number of aromatic nitrogens is 1. The number of hydrogen-bond donors (Lipinski definition) is 1. The van der Waals surface area contributed by atoms with Crippen molar-refractivity contribution in [2.45, 2.75) is 20.5 Å². The van der Waals surface area contributed by atoms with Crippen LogP contribution in [-0.4, -0.2) is 23.8 Å². The monoisotopic (exact) mass is 453 g/mol. The van der Waals surface area contributed by atoms with Crippen LogP contribution < -0.4 is 14.9 Å². The average molecular weight is 454 g/mol. The van der Waals surface area contributed by atoms with Gasteiger partial charge in [0.1, 0.15) is 18.1 Å². The van der Waals surface area contributed by atoms with Gasteiger partial charge in [-0.05, 0) is 80.1 Å². The number of carbonyl (C=O) groups excluding carboxylic acids is 1. The predicted molar refractivity (Wildman–Crippen MR) is 134 cm³/mol. The minimum Gasteiger partial charge on any atom is -0.497 e. The van der Waals surface area contributed by atoms with Crippen LogP contribution in [0.4, 0.5) is 0 Å². The van der Waals surface area contributed by atoms with E-state index in [4.69, 9.17) is 9.47 Å². The lowest BCUT2D eigenvalue weighted by Gasteiger charge is -2.10. The highest BCUT2D eigenvalue weighted by Gasteiger charge is 2.08. The van der Waals surface area contributed by atoms with E-state index in [1.807, 2.05) is 60.7 Å². The van der Waals surface area contributed by atoms with Gasteiger partial charge in [-0.25, -0.2) is 5.43 Å². The molecule has 0 aliphatic carbocycles. The van der Waals surface area contributed by atoms with Gasteiger partial charge in [0.2, 0.25) is 0 Å². The molecule has 0 atom stereocenters. The molecule has 0 spiro atoms. The molecular formula is C28H27N3O3. The van der Waals surface area contributed by atoms with E-state index in [2.05, 4.69) is 41.1 Å². The Morgan fingerprint density at radius 3 is 2.41 bits per heavy atom. The number of aryl methyl sites for hydroxylation is 2. The maximum atomic E-state index is 12.5. The van der Waals surface area contributed by atoms with Gasteiger partial charge in [0.15, 0.2) is 0 Å². The largest absolute Gasteiger partial charge is 0.497 e. The Labute approximate surface area is 199 Å². The first-order valence-electron chi connectivity index (χ1n) is 11.0. The number of nitrogens with one attached hydrogen (secondary N) is 1. The van der Waals surface area contributed by atoms with Crippen LogP contribution in [0.15, 0.2) is 90.0 Å². The summed E-state index contributed by atoms with van der Waals surface area (Å²) < 4.78 is 13.4. The van der Waals surface area contributed by atoms with E-state index in [1.165, 1.54) is 0 Å². The number of benzene rings is 3. The molecule has 0 saturated carbocycles. The van der Waals surface area contributed by atoms with Gasteiger partial charge in [0.05, 0.1) is 13.3 Å². The van der Waals surface area contributed by atoms with Gasteiger partial charge >= 0.3 is 0 Å². The normalized spacial score (nSPS) is 10.9. The van der Waals surface area contributed by atoms with Crippen LogP contribution in [0.1, 0.15) is 32.9 Å². The van der Waals surface area contributed by atoms with Gasteiger partial charge in [0.25, 0.3) is 5.91 Å². The number of ether oxygens (including phenoxy) is 2. The van der Waals surface area contributed by atoms with E-state index >= 15 is 0 Å². The fourth-order valence-corrected chi connectivity index (χ4v) is 3.70. The second-order valence-electron chi connectivity index (χ2n) is 7.88. The van der Waals surface area contributed by atoms with Crippen LogP contribution >= 0.6 is 0 Å². The summed E-state index contributed by atoms with van der Waals surface area (Å²) in [7, 11) is 1.64. The highest BCUT2D eigenvalue weighted by atomic mass is 16.5. The number of methoxy groups -OCH3 is 1. The molecule has 0 aliphatic heterocycles. The molecule has 1 N–H and O–H groups in total. The standard InChI is InChI=1S/C28H27N3O3/c1-20-11-12-21(2)31(20)25-15-13-23(14-16-25)28(32)30-29-18-24-8-4-5-10-27(24)34-19-22-7-6-9-26(17-22)33-3/h4-18H,19H2,1-3H3,(H,30,32)/b29-18+. The van der Waals surface area contributed by atoms with Crippen LogP contribution in [0.5, 0.6) is 11.5 Å². The Bertz CT molecular complexity index is 1290. The molecule has 0 bridgehead atoms. The predicted octanol–water partition coefficient (Wildman–Crippen LogP) is 5.45. The van der Waals surface area contributed by atoms with E-state index in [0.29, 0.717) is 17.9 Å². The summed E-state index contributed by atoms with van der Waals surface area (Å²) in [6.45, 7) is 4.50. The number of para-hydroxylation sites is 1. The smallest absolute Gasteiger partial charge is 0.271 e. The first-order chi connectivity index (χ1) is 16.5. The summed E-state index contributed by atoms with van der Waals surface area (Å²) in [6, 6.07) is 26.9. The maximum absolute atomic E-state index is 12.5. The zero-order valence-corrected chi connectivity index (χ0v) is 19.5. The van der Waals surface area contributed by atoms with E-state index in [0.717, 1.165) is 34.0 Å². The highest BCUT2D eigenvalue weighted by molar-refractivity contribution is 5.95. The molecule has 4 rings (SSSR count). The minimum atomic E-state index is -0.279. The molecule has 1 aromatic heterocycles. The van der Waals surface area contributed by atoms with Crippen LogP contribution in [-0.2, 0) is 6.61 Å². The van der Waals surface area contributed by atoms with Crippen molar-refractivity contribution < 1.29 is 14.3 Å². The Morgan fingerprint density at radius 2 is 1.68 bits per heavy atom. The zero-order valence-electron chi connectivity index (χ0n) is 19.5. The fraction of sp³-hybridized carbons (Fsp3) is 0.143. The summed E-state index contributed by atoms with van der Waals surface area (Å²) in [6.07, 6.45) is 1.58. The van der Waals surface area contributed by atoms with Crippen LogP contribution in [0.25, 0.3) is 5.69 Å². The molecular weight excluding hydrogens is 426 g/mol. The van der Waals surface area contributed by atoms with Crippen molar-refractivity contribution >= 4 is 12.1 Å². The molecule has 4 aromatic rings. The summed E-state index contributed by atoms with van der Waals surface area (Å²) >= 11 is 0.